The minimum Gasteiger partial charge on any atom is -0.391 e. The lowest BCUT2D eigenvalue weighted by Crippen LogP contribution is -2.40. The van der Waals surface area contributed by atoms with Gasteiger partial charge in [0.2, 0.25) is 0 Å². The van der Waals surface area contributed by atoms with Crippen molar-refractivity contribution in [3.05, 3.63) is 0 Å². The zero-order chi connectivity index (χ0) is 10.2. The van der Waals surface area contributed by atoms with Gasteiger partial charge in [0.25, 0.3) is 0 Å². The lowest BCUT2D eigenvalue weighted by atomic mass is 9.69. The second kappa shape index (κ2) is 3.55. The monoisotopic (exact) mass is 193 g/mol. The van der Waals surface area contributed by atoms with E-state index in [-0.39, 0.29) is 6.10 Å². The summed E-state index contributed by atoms with van der Waals surface area (Å²) < 4.78 is 0. The molecular formula is C12H19NO. The van der Waals surface area contributed by atoms with Gasteiger partial charge in [-0.25, -0.2) is 0 Å². The molecule has 2 fully saturated rings. The quantitative estimate of drug-likeness (QED) is 0.732. The lowest BCUT2D eigenvalue weighted by molar-refractivity contribution is -0.0158. The third-order valence-electron chi connectivity index (χ3n) is 4.18. The Bertz CT molecular complexity index is 254. The normalized spacial score (nSPS) is 40.2. The molecule has 3 unspecified atom stereocenters. The zero-order valence-electron chi connectivity index (χ0n) is 8.87. The van der Waals surface area contributed by atoms with E-state index in [0.29, 0.717) is 11.8 Å². The van der Waals surface area contributed by atoms with Crippen LogP contribution in [0.4, 0.5) is 0 Å². The van der Waals surface area contributed by atoms with Crippen molar-refractivity contribution in [1.82, 2.24) is 0 Å². The van der Waals surface area contributed by atoms with Gasteiger partial charge in [0.15, 0.2) is 0 Å². The van der Waals surface area contributed by atoms with E-state index in [1.807, 2.05) is 0 Å². The molecule has 0 bridgehead atoms. The number of aliphatic hydroxyl groups excluding tert-OH is 1. The Labute approximate surface area is 85.9 Å². The molecule has 2 nitrogen and oxygen atoms in total. The maximum Gasteiger partial charge on any atom is 0.0837 e. The largest absolute Gasteiger partial charge is 0.391 e. The van der Waals surface area contributed by atoms with Crippen LogP contribution >= 0.6 is 0 Å². The van der Waals surface area contributed by atoms with Gasteiger partial charge in [0, 0.05) is 0 Å². The Morgan fingerprint density at radius 1 is 1.43 bits per heavy atom. The summed E-state index contributed by atoms with van der Waals surface area (Å²) in [6.45, 7) is 2.19. The zero-order valence-corrected chi connectivity index (χ0v) is 8.87. The van der Waals surface area contributed by atoms with Crippen LogP contribution in [0, 0.1) is 28.6 Å². The Morgan fingerprint density at radius 3 is 2.50 bits per heavy atom. The van der Waals surface area contributed by atoms with Crippen LogP contribution in [-0.4, -0.2) is 11.2 Å². The molecule has 2 rings (SSSR count). The molecule has 78 valence electrons. The standard InChI is InChI=1S/C12H19NO/c1-9-5-6-12(7-9,8-13)11(14)10-3-2-4-10/h9-11,14H,2-7H2,1H3. The highest BCUT2D eigenvalue weighted by Crippen LogP contribution is 2.48. The van der Waals surface area contributed by atoms with Crippen molar-refractivity contribution in [2.45, 2.75) is 51.6 Å². The number of nitrogens with zero attached hydrogens (tertiary/aromatic N) is 1. The summed E-state index contributed by atoms with van der Waals surface area (Å²) in [5.74, 6) is 1.03. The molecule has 0 aromatic rings. The summed E-state index contributed by atoms with van der Waals surface area (Å²) in [7, 11) is 0. The van der Waals surface area contributed by atoms with Crippen LogP contribution in [0.3, 0.4) is 0 Å². The first-order valence-electron chi connectivity index (χ1n) is 5.77. The molecule has 0 saturated heterocycles. The highest BCUT2D eigenvalue weighted by Gasteiger charge is 2.47. The molecule has 0 spiro atoms. The Kier molecular flexibility index (Phi) is 2.53. The molecule has 2 heteroatoms. The number of hydrogen-bond donors (Lipinski definition) is 1. The van der Waals surface area contributed by atoms with Crippen molar-refractivity contribution in [1.29, 1.82) is 5.26 Å². The fraction of sp³-hybridized carbons (Fsp3) is 0.917. The predicted octanol–water partition coefficient (Wildman–Crippen LogP) is 2.48. The molecule has 2 saturated carbocycles. The van der Waals surface area contributed by atoms with Gasteiger partial charge in [-0.2, -0.15) is 5.26 Å². The van der Waals surface area contributed by atoms with Crippen molar-refractivity contribution in [2.75, 3.05) is 0 Å². The molecule has 2 aliphatic rings. The van der Waals surface area contributed by atoms with Crippen LogP contribution in [0.15, 0.2) is 0 Å². The summed E-state index contributed by atoms with van der Waals surface area (Å²) in [5.41, 5.74) is -0.398. The Morgan fingerprint density at radius 2 is 2.14 bits per heavy atom. The van der Waals surface area contributed by atoms with E-state index in [0.717, 1.165) is 32.1 Å². The maximum atomic E-state index is 10.2. The first kappa shape index (κ1) is 9.98. The predicted molar refractivity (Wildman–Crippen MR) is 54.4 cm³/mol. The van der Waals surface area contributed by atoms with Gasteiger partial charge in [-0.3, -0.25) is 0 Å². The van der Waals surface area contributed by atoms with Gasteiger partial charge >= 0.3 is 0 Å². The van der Waals surface area contributed by atoms with E-state index in [1.165, 1.54) is 6.42 Å². The van der Waals surface area contributed by atoms with Gasteiger partial charge in [-0.15, -0.1) is 0 Å². The lowest BCUT2D eigenvalue weighted by Gasteiger charge is -2.38. The van der Waals surface area contributed by atoms with Gasteiger partial charge in [-0.1, -0.05) is 13.3 Å². The van der Waals surface area contributed by atoms with E-state index in [9.17, 15) is 10.4 Å². The molecule has 14 heavy (non-hydrogen) atoms. The smallest absolute Gasteiger partial charge is 0.0837 e. The Hall–Kier alpha value is -0.550. The molecule has 0 heterocycles. The summed E-state index contributed by atoms with van der Waals surface area (Å²) in [6.07, 6.45) is 6.05. The highest BCUT2D eigenvalue weighted by molar-refractivity contribution is 5.09. The third-order valence-corrected chi connectivity index (χ3v) is 4.18. The van der Waals surface area contributed by atoms with E-state index in [2.05, 4.69) is 13.0 Å². The third kappa shape index (κ3) is 1.44. The molecule has 0 amide bonds. The topological polar surface area (TPSA) is 44.0 Å². The van der Waals surface area contributed by atoms with Crippen LogP contribution in [-0.2, 0) is 0 Å². The average Bonchev–Trinajstić information content (AvgIpc) is 2.45. The van der Waals surface area contributed by atoms with Crippen molar-refractivity contribution in [3.8, 4) is 6.07 Å². The molecule has 2 aliphatic carbocycles. The fourth-order valence-electron chi connectivity index (χ4n) is 2.97. The summed E-state index contributed by atoms with van der Waals surface area (Å²) in [4.78, 5) is 0. The van der Waals surface area contributed by atoms with Gasteiger partial charge in [0.1, 0.15) is 0 Å². The van der Waals surface area contributed by atoms with Crippen molar-refractivity contribution in [3.63, 3.8) is 0 Å². The average molecular weight is 193 g/mol. The van der Waals surface area contributed by atoms with Crippen molar-refractivity contribution in [2.24, 2.45) is 17.3 Å². The summed E-state index contributed by atoms with van der Waals surface area (Å²) >= 11 is 0. The summed E-state index contributed by atoms with van der Waals surface area (Å²) in [6, 6.07) is 2.41. The van der Waals surface area contributed by atoms with Crippen molar-refractivity contribution >= 4 is 0 Å². The number of aliphatic hydroxyl groups is 1. The van der Waals surface area contributed by atoms with Crippen LogP contribution in [0.25, 0.3) is 0 Å². The number of nitriles is 1. The molecule has 0 radical (unpaired) electrons. The van der Waals surface area contributed by atoms with Crippen LogP contribution in [0.2, 0.25) is 0 Å². The molecule has 3 atom stereocenters. The van der Waals surface area contributed by atoms with Gasteiger partial charge in [0.05, 0.1) is 17.6 Å². The van der Waals surface area contributed by atoms with E-state index < -0.39 is 5.41 Å². The van der Waals surface area contributed by atoms with Crippen LogP contribution in [0.1, 0.15) is 45.4 Å². The fourth-order valence-corrected chi connectivity index (χ4v) is 2.97. The molecule has 0 aromatic heterocycles. The molecule has 1 N–H and O–H groups in total. The highest BCUT2D eigenvalue weighted by atomic mass is 16.3. The minimum atomic E-state index is -0.398. The van der Waals surface area contributed by atoms with E-state index >= 15 is 0 Å². The van der Waals surface area contributed by atoms with Crippen molar-refractivity contribution < 1.29 is 5.11 Å². The number of rotatable bonds is 2. The van der Waals surface area contributed by atoms with Crippen LogP contribution in [0.5, 0.6) is 0 Å². The molecule has 0 aliphatic heterocycles. The van der Waals surface area contributed by atoms with Gasteiger partial charge in [-0.05, 0) is 43.9 Å². The first-order valence-corrected chi connectivity index (χ1v) is 5.77. The van der Waals surface area contributed by atoms with Crippen LogP contribution < -0.4 is 0 Å². The molecular weight excluding hydrogens is 174 g/mol. The second-order valence-corrected chi connectivity index (χ2v) is 5.25. The van der Waals surface area contributed by atoms with Gasteiger partial charge < -0.3 is 5.11 Å². The summed E-state index contributed by atoms with van der Waals surface area (Å²) in [5, 5.41) is 19.5. The first-order chi connectivity index (χ1) is 6.68. The molecule has 0 aromatic carbocycles. The second-order valence-electron chi connectivity index (χ2n) is 5.25. The SMILES string of the molecule is CC1CCC(C#N)(C(O)C2CCC2)C1. The minimum absolute atomic E-state index is 0.355. The maximum absolute atomic E-state index is 10.2. The Balaban J connectivity index is 2.08. The number of hydrogen-bond acceptors (Lipinski definition) is 2. The van der Waals surface area contributed by atoms with E-state index in [1.54, 1.807) is 0 Å². The van der Waals surface area contributed by atoms with E-state index in [4.69, 9.17) is 0 Å².